The van der Waals surface area contributed by atoms with Crippen LogP contribution in [0, 0.1) is 0 Å². The molecule has 72 valence electrons. The third-order valence-electron chi connectivity index (χ3n) is 0. The fourth-order valence-corrected chi connectivity index (χ4v) is 0. The second kappa shape index (κ2) is 5.60. The van der Waals surface area contributed by atoms with E-state index in [1.54, 1.807) is 0 Å². The van der Waals surface area contributed by atoms with E-state index in [9.17, 15) is 0 Å². The fraction of sp³-hybridized carbons (Fsp3) is 1.00. The Bertz CT molecular complexity index is 61.5. The van der Waals surface area contributed by atoms with Crippen LogP contribution in [0.2, 0.25) is 0 Å². The number of quaternary nitrogens is 1. The largest absolute Gasteiger partial charge is 0.870 e. The Morgan fingerprint density at radius 3 is 0.818 bits per heavy atom. The molecule has 0 amide bonds. The third-order valence-corrected chi connectivity index (χ3v) is 0. The van der Waals surface area contributed by atoms with Gasteiger partial charge in [0.2, 0.25) is 0 Å². The summed E-state index contributed by atoms with van der Waals surface area (Å²) in [6.45, 7) is 0. The van der Waals surface area contributed by atoms with Crippen molar-refractivity contribution >= 4 is 9.05 Å². The van der Waals surface area contributed by atoms with E-state index < -0.39 is 9.05 Å². The van der Waals surface area contributed by atoms with Crippen LogP contribution in [0.4, 0.5) is 0 Å². The maximum atomic E-state index is 7.33. The first kappa shape index (κ1) is 17.2. The highest BCUT2D eigenvalue weighted by molar-refractivity contribution is 6.46. The van der Waals surface area contributed by atoms with Crippen LogP contribution in [0.3, 0.4) is 0 Å². The lowest BCUT2D eigenvalue weighted by Crippen LogP contribution is -2.33. The molecule has 0 aliphatic carbocycles. The summed E-state index contributed by atoms with van der Waals surface area (Å²) in [5, 5.41) is 0. The normalized spacial score (nSPS) is 10.9. The van der Waals surface area contributed by atoms with Crippen molar-refractivity contribution in [3.8, 4) is 0 Å². The van der Waals surface area contributed by atoms with Gasteiger partial charge in [-0.2, -0.15) is 0 Å². The molecule has 6 nitrogen and oxygen atoms in total. The van der Waals surface area contributed by atoms with Crippen molar-refractivity contribution in [3.05, 3.63) is 0 Å². The van der Waals surface area contributed by atoms with Gasteiger partial charge in [0.1, 0.15) is 0 Å². The zero-order valence-electron chi connectivity index (χ0n) is 7.18. The van der Waals surface area contributed by atoms with Crippen LogP contribution in [-0.2, 0) is 0 Å². The molecule has 0 bridgehead atoms. The molecular formula is C4H17NO5Si. The standard InChI is InChI=1S/C4H12N.H4O4Si.H2O/c2*1-5(2,3)4;/h1-4H3;1-4H;1H2/q+1;;/p-1. The molecule has 0 radical (unpaired) electrons. The van der Waals surface area contributed by atoms with E-state index in [2.05, 4.69) is 28.2 Å². The zero-order chi connectivity index (χ0) is 9.00. The predicted octanol–water partition coefficient (Wildman–Crippen LogP) is -2.46. The average molecular weight is 187 g/mol. The Balaban J connectivity index is -0.000000107. The molecule has 0 saturated carbocycles. The summed E-state index contributed by atoms with van der Waals surface area (Å²) in [4.78, 5) is 29.3. The average Bonchev–Trinajstić information content (AvgIpc) is 1.12. The van der Waals surface area contributed by atoms with Crippen molar-refractivity contribution in [2.45, 2.75) is 0 Å². The van der Waals surface area contributed by atoms with Crippen LogP contribution in [-0.4, -0.2) is 66.4 Å². The number of hydrogen-bond acceptors (Lipinski definition) is 5. The highest BCUT2D eigenvalue weighted by atomic mass is 28.4. The molecule has 0 aliphatic rings. The van der Waals surface area contributed by atoms with Gasteiger partial charge in [-0.15, -0.1) is 0 Å². The molecule has 11 heavy (non-hydrogen) atoms. The molecule has 0 heterocycles. The molecule has 0 saturated heterocycles. The first-order chi connectivity index (χ1) is 4.00. The van der Waals surface area contributed by atoms with Gasteiger partial charge < -0.3 is 29.1 Å². The van der Waals surface area contributed by atoms with Crippen LogP contribution < -0.4 is 0 Å². The van der Waals surface area contributed by atoms with E-state index in [1.807, 2.05) is 0 Å². The van der Waals surface area contributed by atoms with Crippen molar-refractivity contribution in [1.82, 2.24) is 0 Å². The molecule has 0 rings (SSSR count). The van der Waals surface area contributed by atoms with E-state index in [4.69, 9.17) is 19.2 Å². The quantitative estimate of drug-likeness (QED) is 0.248. The minimum Gasteiger partial charge on any atom is -0.870 e. The summed E-state index contributed by atoms with van der Waals surface area (Å²) in [6, 6.07) is 0. The zero-order valence-corrected chi connectivity index (χ0v) is 8.18. The van der Waals surface area contributed by atoms with Gasteiger partial charge in [0.25, 0.3) is 0 Å². The summed E-state index contributed by atoms with van der Waals surface area (Å²) < 4.78 is 1.00. The Morgan fingerprint density at radius 2 is 0.818 bits per heavy atom. The number of hydrogen-bond donors (Lipinski definition) is 4. The molecular weight excluding hydrogens is 170 g/mol. The second-order valence-corrected chi connectivity index (χ2v) is 4.48. The van der Waals surface area contributed by atoms with E-state index >= 15 is 0 Å². The van der Waals surface area contributed by atoms with Crippen molar-refractivity contribution in [2.75, 3.05) is 28.2 Å². The minimum absolute atomic E-state index is 0. The van der Waals surface area contributed by atoms with Gasteiger partial charge in [-0.3, -0.25) is 0 Å². The van der Waals surface area contributed by atoms with Gasteiger partial charge in [0, 0.05) is 0 Å². The van der Waals surface area contributed by atoms with Crippen LogP contribution in [0.1, 0.15) is 0 Å². The first-order valence-corrected chi connectivity index (χ1v) is 4.47. The topological polar surface area (TPSA) is 111 Å². The summed E-state index contributed by atoms with van der Waals surface area (Å²) >= 11 is 0. The first-order valence-electron chi connectivity index (χ1n) is 2.68. The highest BCUT2D eigenvalue weighted by Gasteiger charge is 2.22. The predicted molar refractivity (Wildman–Crippen MR) is 40.5 cm³/mol. The lowest BCUT2D eigenvalue weighted by atomic mass is 10.8. The van der Waals surface area contributed by atoms with Crippen molar-refractivity contribution in [3.63, 3.8) is 0 Å². The van der Waals surface area contributed by atoms with Crippen LogP contribution in [0.15, 0.2) is 0 Å². The molecule has 0 aromatic heterocycles. The molecule has 0 aromatic rings. The minimum atomic E-state index is -4.61. The Hall–Kier alpha value is -0.0231. The molecule has 0 fully saturated rings. The summed E-state index contributed by atoms with van der Waals surface area (Å²) in [6.07, 6.45) is 0. The highest BCUT2D eigenvalue weighted by Crippen LogP contribution is 1.73. The molecule has 5 N–H and O–H groups in total. The van der Waals surface area contributed by atoms with Crippen molar-refractivity contribution in [1.29, 1.82) is 0 Å². The van der Waals surface area contributed by atoms with Gasteiger partial charge in [-0.25, -0.2) is 0 Å². The Morgan fingerprint density at radius 1 is 0.818 bits per heavy atom. The Kier molecular flexibility index (Phi) is 8.75. The van der Waals surface area contributed by atoms with E-state index in [1.165, 1.54) is 0 Å². The molecule has 0 spiro atoms. The summed E-state index contributed by atoms with van der Waals surface area (Å²) in [7, 11) is 3.89. The van der Waals surface area contributed by atoms with Gasteiger partial charge in [0.05, 0.1) is 28.2 Å². The third kappa shape index (κ3) is 1190000. The Labute approximate surface area is 67.3 Å². The van der Waals surface area contributed by atoms with Crippen molar-refractivity contribution < 1.29 is 29.1 Å². The maximum absolute atomic E-state index is 7.33. The monoisotopic (exact) mass is 187 g/mol. The van der Waals surface area contributed by atoms with Crippen LogP contribution in [0.5, 0.6) is 0 Å². The fourth-order valence-electron chi connectivity index (χ4n) is 0. The second-order valence-electron chi connectivity index (χ2n) is 3.28. The molecule has 7 heteroatoms. The van der Waals surface area contributed by atoms with Gasteiger partial charge in [-0.05, 0) is 0 Å². The lowest BCUT2D eigenvalue weighted by Gasteiger charge is -2.14. The molecule has 0 unspecified atom stereocenters. The summed E-state index contributed by atoms with van der Waals surface area (Å²) in [5.41, 5.74) is 0. The maximum Gasteiger partial charge on any atom is 0.668 e. The van der Waals surface area contributed by atoms with E-state index in [0.29, 0.717) is 0 Å². The van der Waals surface area contributed by atoms with Gasteiger partial charge in [0.15, 0.2) is 0 Å². The lowest BCUT2D eigenvalue weighted by molar-refractivity contribution is -0.849. The smallest absolute Gasteiger partial charge is 0.668 e. The number of rotatable bonds is 0. The van der Waals surface area contributed by atoms with E-state index in [0.717, 1.165) is 4.48 Å². The SMILES string of the molecule is C[N+](C)(C)C.O[Si](O)(O)O.[OH-]. The van der Waals surface area contributed by atoms with E-state index in [-0.39, 0.29) is 5.48 Å². The van der Waals surface area contributed by atoms with Gasteiger partial charge >= 0.3 is 9.05 Å². The summed E-state index contributed by atoms with van der Waals surface area (Å²) in [5.74, 6) is 0. The molecule has 0 aromatic carbocycles. The molecule has 0 aliphatic heterocycles. The van der Waals surface area contributed by atoms with Crippen molar-refractivity contribution in [2.24, 2.45) is 0 Å². The number of nitrogens with zero attached hydrogens (tertiary/aromatic N) is 1. The van der Waals surface area contributed by atoms with Crippen LogP contribution >= 0.6 is 0 Å². The van der Waals surface area contributed by atoms with Crippen LogP contribution in [0.25, 0.3) is 0 Å². The van der Waals surface area contributed by atoms with Gasteiger partial charge in [-0.1, -0.05) is 0 Å². The molecule has 0 atom stereocenters.